The summed E-state index contributed by atoms with van der Waals surface area (Å²) in [6.07, 6.45) is 4.90. The summed E-state index contributed by atoms with van der Waals surface area (Å²) in [6.45, 7) is 8.71. The average molecular weight is 506 g/mol. The van der Waals surface area contributed by atoms with Gasteiger partial charge in [-0.05, 0) is 63.1 Å². The number of nitrogens with zero attached hydrogens (tertiary/aromatic N) is 4. The number of nitrogens with one attached hydrogen (secondary N) is 1. The lowest BCUT2D eigenvalue weighted by Gasteiger charge is -2.43. The SMILES string of the molecule is COCCNC(=O)C1=NCc2ccc(C(=O)N3CCC4(CC3)CC(=O)c3nn(C(C)(C)C)cc3C4)cc21. The largest absolute Gasteiger partial charge is 0.383 e. The molecule has 1 aliphatic carbocycles. The third kappa shape index (κ3) is 4.84. The van der Waals surface area contributed by atoms with Crippen molar-refractivity contribution in [3.05, 3.63) is 52.3 Å². The van der Waals surface area contributed by atoms with Gasteiger partial charge < -0.3 is 15.0 Å². The van der Waals surface area contributed by atoms with Crippen LogP contribution in [0.3, 0.4) is 0 Å². The van der Waals surface area contributed by atoms with Crippen molar-refractivity contribution < 1.29 is 19.1 Å². The second-order valence-corrected chi connectivity index (χ2v) is 11.5. The van der Waals surface area contributed by atoms with E-state index in [0.29, 0.717) is 56.2 Å². The normalized spacial score (nSPS) is 18.4. The lowest BCUT2D eigenvalue weighted by molar-refractivity contribution is -0.114. The van der Waals surface area contributed by atoms with E-state index >= 15 is 0 Å². The van der Waals surface area contributed by atoms with Gasteiger partial charge in [0.25, 0.3) is 11.8 Å². The molecule has 3 aliphatic rings. The molecule has 1 saturated heterocycles. The predicted octanol–water partition coefficient (Wildman–Crippen LogP) is 2.75. The molecule has 2 amide bonds. The number of Topliss-reactive ketones (excluding diaryl/α,β-unsaturated/α-hetero) is 1. The number of benzene rings is 1. The third-order valence-electron chi connectivity index (χ3n) is 7.78. The van der Waals surface area contributed by atoms with Crippen LogP contribution >= 0.6 is 0 Å². The first kappa shape index (κ1) is 25.3. The van der Waals surface area contributed by atoms with Gasteiger partial charge >= 0.3 is 0 Å². The molecule has 0 unspecified atom stereocenters. The third-order valence-corrected chi connectivity index (χ3v) is 7.78. The number of ketones is 1. The van der Waals surface area contributed by atoms with Gasteiger partial charge in [-0.15, -0.1) is 0 Å². The van der Waals surface area contributed by atoms with Gasteiger partial charge in [0.1, 0.15) is 11.4 Å². The van der Waals surface area contributed by atoms with E-state index in [1.54, 1.807) is 13.2 Å². The number of rotatable bonds is 5. The van der Waals surface area contributed by atoms with E-state index in [1.807, 2.05) is 27.9 Å². The van der Waals surface area contributed by atoms with E-state index in [4.69, 9.17) is 4.74 Å². The van der Waals surface area contributed by atoms with Gasteiger partial charge in [-0.25, -0.2) is 0 Å². The van der Waals surface area contributed by atoms with Gasteiger partial charge in [-0.3, -0.25) is 24.1 Å². The molecule has 1 N–H and O–H groups in total. The number of carbonyl (C=O) groups is 3. The topological polar surface area (TPSA) is 106 Å². The first-order chi connectivity index (χ1) is 17.6. The van der Waals surface area contributed by atoms with Crippen LogP contribution in [-0.4, -0.2) is 71.3 Å². The molecule has 2 aromatic rings. The zero-order chi connectivity index (χ0) is 26.4. The number of ether oxygens (including phenoxy) is 1. The summed E-state index contributed by atoms with van der Waals surface area (Å²) < 4.78 is 6.89. The molecule has 0 atom stereocenters. The Kier molecular flexibility index (Phi) is 6.52. The first-order valence-corrected chi connectivity index (χ1v) is 13.0. The van der Waals surface area contributed by atoms with Crippen LogP contribution in [0.4, 0.5) is 0 Å². The molecule has 1 fully saturated rings. The van der Waals surface area contributed by atoms with Crippen molar-refractivity contribution in [2.24, 2.45) is 10.4 Å². The second-order valence-electron chi connectivity index (χ2n) is 11.5. The lowest BCUT2D eigenvalue weighted by atomic mass is 9.67. The Morgan fingerprint density at radius 2 is 1.89 bits per heavy atom. The van der Waals surface area contributed by atoms with Gasteiger partial charge in [-0.1, -0.05) is 6.07 Å². The summed E-state index contributed by atoms with van der Waals surface area (Å²) in [5.41, 5.74) is 3.93. The predicted molar refractivity (Wildman–Crippen MR) is 139 cm³/mol. The van der Waals surface area contributed by atoms with Crippen molar-refractivity contribution in [1.82, 2.24) is 20.0 Å². The monoisotopic (exact) mass is 505 g/mol. The zero-order valence-electron chi connectivity index (χ0n) is 22.1. The van der Waals surface area contributed by atoms with Gasteiger partial charge in [0, 0.05) is 56.1 Å². The minimum atomic E-state index is -0.253. The fourth-order valence-corrected chi connectivity index (χ4v) is 5.59. The fourth-order valence-electron chi connectivity index (χ4n) is 5.59. The standard InChI is InChI=1S/C28H35N5O4/c1-27(2,3)33-17-20-14-28(15-22(34)23(20)31-33)7-10-32(11-8-28)26(36)18-5-6-19-16-30-24(21(19)13-18)25(35)29-9-12-37-4/h5-6,13,17H,7-12,14-16H2,1-4H3,(H,29,35). The number of likely N-dealkylation sites (tertiary alicyclic amines) is 1. The zero-order valence-corrected chi connectivity index (χ0v) is 22.1. The van der Waals surface area contributed by atoms with E-state index in [9.17, 15) is 14.4 Å². The molecule has 2 aliphatic heterocycles. The Balaban J connectivity index is 1.26. The molecule has 0 radical (unpaired) electrons. The van der Waals surface area contributed by atoms with Gasteiger partial charge in [0.2, 0.25) is 0 Å². The molecule has 9 nitrogen and oxygen atoms in total. The van der Waals surface area contributed by atoms with E-state index in [2.05, 4.69) is 36.2 Å². The highest BCUT2D eigenvalue weighted by molar-refractivity contribution is 6.46. The quantitative estimate of drug-likeness (QED) is 0.629. The molecule has 1 spiro atoms. The number of methoxy groups -OCH3 is 1. The molecule has 37 heavy (non-hydrogen) atoms. The van der Waals surface area contributed by atoms with Crippen LogP contribution in [0.5, 0.6) is 0 Å². The molecular formula is C28H35N5O4. The number of piperidine rings is 1. The summed E-state index contributed by atoms with van der Waals surface area (Å²) in [5.74, 6) is -0.193. The average Bonchev–Trinajstić information content (AvgIpc) is 3.48. The van der Waals surface area contributed by atoms with Crippen molar-refractivity contribution in [1.29, 1.82) is 0 Å². The highest BCUT2D eigenvalue weighted by Crippen LogP contribution is 2.43. The van der Waals surface area contributed by atoms with Gasteiger partial charge in [0.05, 0.1) is 18.7 Å². The maximum Gasteiger partial charge on any atom is 0.270 e. The molecule has 3 heterocycles. The minimum Gasteiger partial charge on any atom is -0.383 e. The lowest BCUT2D eigenvalue weighted by Crippen LogP contribution is -2.46. The number of aliphatic imine (C=N–C) groups is 1. The maximum atomic E-state index is 13.4. The maximum absolute atomic E-state index is 13.4. The summed E-state index contributed by atoms with van der Waals surface area (Å²) >= 11 is 0. The van der Waals surface area contributed by atoms with E-state index in [1.165, 1.54) is 0 Å². The summed E-state index contributed by atoms with van der Waals surface area (Å²) in [7, 11) is 1.58. The Morgan fingerprint density at radius 3 is 2.59 bits per heavy atom. The highest BCUT2D eigenvalue weighted by atomic mass is 16.5. The number of hydrogen-bond acceptors (Lipinski definition) is 6. The van der Waals surface area contributed by atoms with Crippen molar-refractivity contribution in [3.8, 4) is 0 Å². The van der Waals surface area contributed by atoms with Crippen LogP contribution in [-0.2, 0) is 28.0 Å². The van der Waals surface area contributed by atoms with Crippen molar-refractivity contribution >= 4 is 23.3 Å². The molecule has 1 aromatic heterocycles. The minimum absolute atomic E-state index is 0.0490. The van der Waals surface area contributed by atoms with Crippen LogP contribution < -0.4 is 5.32 Å². The molecule has 5 rings (SSSR count). The second kappa shape index (κ2) is 9.52. The van der Waals surface area contributed by atoms with Crippen LogP contribution in [0.2, 0.25) is 0 Å². The van der Waals surface area contributed by atoms with E-state index < -0.39 is 0 Å². The summed E-state index contributed by atoms with van der Waals surface area (Å²) in [5, 5.41) is 7.40. The number of carbonyl (C=O) groups excluding carboxylic acids is 3. The number of fused-ring (bicyclic) bond motifs is 2. The van der Waals surface area contributed by atoms with Crippen LogP contribution in [0, 0.1) is 5.41 Å². The van der Waals surface area contributed by atoms with Gasteiger partial charge in [0.15, 0.2) is 5.78 Å². The van der Waals surface area contributed by atoms with Crippen molar-refractivity contribution in [2.75, 3.05) is 33.4 Å². The fraction of sp³-hybridized carbons (Fsp3) is 0.536. The van der Waals surface area contributed by atoms with E-state index in [0.717, 1.165) is 36.0 Å². The molecule has 1 aromatic carbocycles. The summed E-state index contributed by atoms with van der Waals surface area (Å²) in [6, 6.07) is 5.51. The Morgan fingerprint density at radius 1 is 1.14 bits per heavy atom. The molecule has 0 bridgehead atoms. The first-order valence-electron chi connectivity index (χ1n) is 13.0. The Hall–Kier alpha value is -3.33. The number of hydrogen-bond donors (Lipinski definition) is 1. The number of amides is 2. The van der Waals surface area contributed by atoms with Crippen molar-refractivity contribution in [2.45, 2.75) is 58.5 Å². The van der Waals surface area contributed by atoms with Crippen LogP contribution in [0.1, 0.15) is 77.6 Å². The molecule has 0 saturated carbocycles. The Bertz CT molecular complexity index is 1280. The smallest absolute Gasteiger partial charge is 0.270 e. The van der Waals surface area contributed by atoms with Crippen LogP contribution in [0.25, 0.3) is 0 Å². The van der Waals surface area contributed by atoms with Crippen LogP contribution in [0.15, 0.2) is 29.4 Å². The Labute approximate surface area is 217 Å². The molecule has 9 heteroatoms. The van der Waals surface area contributed by atoms with Crippen molar-refractivity contribution in [3.63, 3.8) is 0 Å². The highest BCUT2D eigenvalue weighted by Gasteiger charge is 2.43. The molecule has 196 valence electrons. The van der Waals surface area contributed by atoms with E-state index in [-0.39, 0.29) is 28.6 Å². The van der Waals surface area contributed by atoms with Gasteiger partial charge in [-0.2, -0.15) is 5.10 Å². The number of aromatic nitrogens is 2. The molecular weight excluding hydrogens is 470 g/mol. The summed E-state index contributed by atoms with van der Waals surface area (Å²) in [4.78, 5) is 45.3.